The van der Waals surface area contributed by atoms with E-state index in [4.69, 9.17) is 0 Å². The summed E-state index contributed by atoms with van der Waals surface area (Å²) >= 11 is 1.08. The van der Waals surface area contributed by atoms with E-state index in [0.717, 1.165) is 28.2 Å². The van der Waals surface area contributed by atoms with Gasteiger partial charge in [0.2, 0.25) is 11.8 Å². The van der Waals surface area contributed by atoms with Crippen molar-refractivity contribution in [1.29, 1.82) is 0 Å². The Morgan fingerprint density at radius 1 is 1.13 bits per heavy atom. The van der Waals surface area contributed by atoms with Crippen molar-refractivity contribution in [3.63, 3.8) is 0 Å². The summed E-state index contributed by atoms with van der Waals surface area (Å²) in [4.78, 5) is 40.9. The summed E-state index contributed by atoms with van der Waals surface area (Å²) < 4.78 is 0. The fourth-order valence-electron chi connectivity index (χ4n) is 4.73. The van der Waals surface area contributed by atoms with Crippen LogP contribution >= 0.6 is 11.3 Å². The molecule has 0 radical (unpaired) electrons. The highest BCUT2D eigenvalue weighted by atomic mass is 32.1. The molecular weight excluding hydrogens is 400 g/mol. The van der Waals surface area contributed by atoms with Gasteiger partial charge in [-0.2, -0.15) is 0 Å². The van der Waals surface area contributed by atoms with Crippen LogP contribution in [0.2, 0.25) is 0 Å². The molecule has 150 valence electrons. The second-order valence-corrected chi connectivity index (χ2v) is 8.67. The standard InChI is InChI=1S/C23H18N2O4S/c1-12-7-6-10-14-18(12)25(2)22(29)23(14)11-15(26)24-17-16(13-8-4-3-5-9-13)19(21(27)28)30-20(17)23/h3-10H,11H2,1-2H3,(H,24,26)(H,27,28)/t23-/m1/s1. The molecule has 0 saturated heterocycles. The number of carbonyl (C=O) groups is 3. The molecule has 0 unspecified atom stereocenters. The highest BCUT2D eigenvalue weighted by molar-refractivity contribution is 7.15. The number of thiophene rings is 1. The van der Waals surface area contributed by atoms with Gasteiger partial charge < -0.3 is 15.3 Å². The molecule has 2 N–H and O–H groups in total. The molecule has 2 aliphatic heterocycles. The molecule has 2 aliphatic rings. The maximum Gasteiger partial charge on any atom is 0.346 e. The van der Waals surface area contributed by atoms with E-state index in [2.05, 4.69) is 5.32 Å². The number of carbonyl (C=O) groups excluding carboxylic acids is 2. The molecular formula is C23H18N2O4S. The van der Waals surface area contributed by atoms with Crippen LogP contribution in [-0.2, 0) is 15.0 Å². The predicted molar refractivity (Wildman–Crippen MR) is 115 cm³/mol. The van der Waals surface area contributed by atoms with Gasteiger partial charge in [-0.25, -0.2) is 4.79 Å². The molecule has 1 atom stereocenters. The lowest BCUT2D eigenvalue weighted by molar-refractivity contribution is -0.126. The number of carboxylic acid groups (broad SMARTS) is 1. The molecule has 7 heteroatoms. The highest BCUT2D eigenvalue weighted by Gasteiger charge is 2.57. The Kier molecular flexibility index (Phi) is 3.88. The maximum atomic E-state index is 13.6. The molecule has 0 bridgehead atoms. The second-order valence-electron chi connectivity index (χ2n) is 7.65. The fraction of sp³-hybridized carbons (Fsp3) is 0.174. The number of hydrogen-bond donors (Lipinski definition) is 2. The van der Waals surface area contributed by atoms with Crippen molar-refractivity contribution in [3.05, 3.63) is 69.4 Å². The molecule has 1 aromatic heterocycles. The van der Waals surface area contributed by atoms with Crippen molar-refractivity contribution in [2.75, 3.05) is 17.3 Å². The van der Waals surface area contributed by atoms with Gasteiger partial charge in [0.05, 0.1) is 22.7 Å². The molecule has 2 aromatic carbocycles. The van der Waals surface area contributed by atoms with E-state index < -0.39 is 11.4 Å². The zero-order chi connectivity index (χ0) is 21.2. The van der Waals surface area contributed by atoms with Crippen LogP contribution in [0.4, 0.5) is 11.4 Å². The molecule has 6 nitrogen and oxygen atoms in total. The van der Waals surface area contributed by atoms with E-state index in [1.54, 1.807) is 11.9 Å². The van der Waals surface area contributed by atoms with E-state index in [1.807, 2.05) is 55.5 Å². The lowest BCUT2D eigenvalue weighted by atomic mass is 9.74. The molecule has 2 amide bonds. The SMILES string of the molecule is Cc1cccc2c1N(C)C(=O)[C@]21CC(=O)Nc2c1sc(C(=O)O)c2-c1ccccc1. The van der Waals surface area contributed by atoms with Crippen LogP contribution in [0.25, 0.3) is 11.1 Å². The first-order valence-electron chi connectivity index (χ1n) is 9.50. The molecule has 5 rings (SSSR count). The van der Waals surface area contributed by atoms with Gasteiger partial charge in [0.1, 0.15) is 10.3 Å². The van der Waals surface area contributed by atoms with Crippen LogP contribution in [-0.4, -0.2) is 29.9 Å². The molecule has 3 aromatic rings. The number of likely N-dealkylation sites (N-methyl/N-ethyl adjacent to an activating group) is 1. The van der Waals surface area contributed by atoms with Crippen LogP contribution in [0.3, 0.4) is 0 Å². The van der Waals surface area contributed by atoms with Crippen molar-refractivity contribution in [1.82, 2.24) is 0 Å². The van der Waals surface area contributed by atoms with Gasteiger partial charge in [-0.3, -0.25) is 9.59 Å². The van der Waals surface area contributed by atoms with Crippen LogP contribution in [0, 0.1) is 6.92 Å². The quantitative estimate of drug-likeness (QED) is 0.658. The van der Waals surface area contributed by atoms with Crippen LogP contribution in [0.5, 0.6) is 0 Å². The van der Waals surface area contributed by atoms with Gasteiger partial charge in [0, 0.05) is 12.6 Å². The first kappa shape index (κ1) is 18.6. The Morgan fingerprint density at radius 3 is 2.57 bits per heavy atom. The number of nitrogens with zero attached hydrogens (tertiary/aromatic N) is 1. The number of anilines is 2. The summed E-state index contributed by atoms with van der Waals surface area (Å²) in [5.41, 5.74) is 2.83. The monoisotopic (exact) mass is 418 g/mol. The van der Waals surface area contributed by atoms with Gasteiger partial charge in [0.15, 0.2) is 0 Å². The number of fused-ring (bicyclic) bond motifs is 4. The Bertz CT molecular complexity index is 1250. The van der Waals surface area contributed by atoms with E-state index in [-0.39, 0.29) is 23.1 Å². The van der Waals surface area contributed by atoms with E-state index in [1.165, 1.54) is 0 Å². The Hall–Kier alpha value is -3.45. The molecule has 3 heterocycles. The van der Waals surface area contributed by atoms with E-state index in [0.29, 0.717) is 21.7 Å². The Balaban J connectivity index is 1.88. The average Bonchev–Trinajstić information content (AvgIpc) is 3.20. The molecule has 1 spiro atoms. The number of benzene rings is 2. The maximum absolute atomic E-state index is 13.6. The highest BCUT2D eigenvalue weighted by Crippen LogP contribution is 2.57. The van der Waals surface area contributed by atoms with Crippen molar-refractivity contribution in [2.45, 2.75) is 18.8 Å². The fourth-order valence-corrected chi connectivity index (χ4v) is 6.04. The average molecular weight is 418 g/mol. The topological polar surface area (TPSA) is 86.7 Å². The number of amides is 2. The van der Waals surface area contributed by atoms with E-state index >= 15 is 0 Å². The lowest BCUT2D eigenvalue weighted by Gasteiger charge is -2.32. The van der Waals surface area contributed by atoms with E-state index in [9.17, 15) is 19.5 Å². The minimum Gasteiger partial charge on any atom is -0.477 e. The number of rotatable bonds is 2. The van der Waals surface area contributed by atoms with Crippen LogP contribution in [0.1, 0.15) is 32.1 Å². The number of hydrogen-bond acceptors (Lipinski definition) is 4. The third-order valence-electron chi connectivity index (χ3n) is 5.95. The number of para-hydroxylation sites is 1. The summed E-state index contributed by atoms with van der Waals surface area (Å²) in [5.74, 6) is -1.59. The van der Waals surface area contributed by atoms with Crippen molar-refractivity contribution >= 4 is 40.5 Å². The molecule has 0 fully saturated rings. The number of carboxylic acids is 1. The summed E-state index contributed by atoms with van der Waals surface area (Å²) in [6.45, 7) is 1.93. The van der Waals surface area contributed by atoms with Gasteiger partial charge in [0.25, 0.3) is 0 Å². The smallest absolute Gasteiger partial charge is 0.346 e. The largest absolute Gasteiger partial charge is 0.477 e. The summed E-state index contributed by atoms with van der Waals surface area (Å²) in [6, 6.07) is 14.8. The molecule has 0 aliphatic carbocycles. The first-order chi connectivity index (χ1) is 14.4. The summed E-state index contributed by atoms with van der Waals surface area (Å²) in [5, 5.41) is 12.8. The number of aromatic carboxylic acids is 1. The summed E-state index contributed by atoms with van der Waals surface area (Å²) in [6.07, 6.45) is -0.0482. The third-order valence-corrected chi connectivity index (χ3v) is 7.28. The Morgan fingerprint density at radius 2 is 1.87 bits per heavy atom. The molecule has 0 saturated carbocycles. The normalized spacial score (nSPS) is 19.6. The van der Waals surface area contributed by atoms with Crippen molar-refractivity contribution < 1.29 is 19.5 Å². The van der Waals surface area contributed by atoms with Gasteiger partial charge in [-0.1, -0.05) is 48.5 Å². The van der Waals surface area contributed by atoms with Gasteiger partial charge >= 0.3 is 5.97 Å². The van der Waals surface area contributed by atoms with Crippen molar-refractivity contribution in [3.8, 4) is 11.1 Å². The minimum absolute atomic E-state index is 0.0482. The first-order valence-corrected chi connectivity index (χ1v) is 10.3. The van der Waals surface area contributed by atoms with Crippen LogP contribution in [0.15, 0.2) is 48.5 Å². The zero-order valence-corrected chi connectivity index (χ0v) is 17.2. The number of aryl methyl sites for hydroxylation is 1. The Labute approximate surface area is 176 Å². The van der Waals surface area contributed by atoms with Crippen LogP contribution < -0.4 is 10.2 Å². The summed E-state index contributed by atoms with van der Waals surface area (Å²) in [7, 11) is 1.71. The van der Waals surface area contributed by atoms with Gasteiger partial charge in [-0.05, 0) is 23.6 Å². The lowest BCUT2D eigenvalue weighted by Crippen LogP contribution is -2.45. The molecule has 30 heavy (non-hydrogen) atoms. The third kappa shape index (κ3) is 2.26. The predicted octanol–water partition coefficient (Wildman–Crippen LogP) is 4.03. The second kappa shape index (κ2) is 6.27. The minimum atomic E-state index is -1.21. The number of nitrogens with one attached hydrogen (secondary N) is 1. The zero-order valence-electron chi connectivity index (χ0n) is 16.4. The van der Waals surface area contributed by atoms with Crippen molar-refractivity contribution in [2.24, 2.45) is 0 Å². The van der Waals surface area contributed by atoms with Gasteiger partial charge in [-0.15, -0.1) is 11.3 Å².